The Kier molecular flexibility index (Phi) is 15.7. The second kappa shape index (κ2) is 17.2. The van der Waals surface area contributed by atoms with E-state index < -0.39 is 0 Å². The zero-order valence-corrected chi connectivity index (χ0v) is 23.0. The molecule has 1 aromatic carbocycles. The van der Waals surface area contributed by atoms with Gasteiger partial charge in [-0.15, -0.1) is 0 Å². The topological polar surface area (TPSA) is 99.5 Å². The molecule has 1 atom stereocenters. The highest BCUT2D eigenvalue weighted by molar-refractivity contribution is 5.95. The molecule has 0 aliphatic carbocycles. The number of aryl methyl sites for hydroxylation is 2. The fourth-order valence-electron chi connectivity index (χ4n) is 3.07. The van der Waals surface area contributed by atoms with Gasteiger partial charge in [0, 0.05) is 43.6 Å². The van der Waals surface area contributed by atoms with Gasteiger partial charge in [-0.2, -0.15) is 0 Å². The maximum Gasteiger partial charge on any atom is 0.290 e. The molecule has 0 aliphatic heterocycles. The van der Waals surface area contributed by atoms with E-state index in [9.17, 15) is 0 Å². The van der Waals surface area contributed by atoms with Crippen LogP contribution < -0.4 is 10.6 Å². The van der Waals surface area contributed by atoms with Crippen molar-refractivity contribution >= 4 is 23.7 Å². The zero-order chi connectivity index (χ0) is 26.9. The summed E-state index contributed by atoms with van der Waals surface area (Å²) in [6.45, 7) is 15.3. The Labute approximate surface area is 212 Å². The fourth-order valence-corrected chi connectivity index (χ4v) is 3.07. The third kappa shape index (κ3) is 13.9. The number of anilines is 2. The van der Waals surface area contributed by atoms with Crippen LogP contribution in [0.3, 0.4) is 0 Å². The molecular formula is C28H45N5O2. The number of allylic oxidation sites excluding steroid dienone is 2. The summed E-state index contributed by atoms with van der Waals surface area (Å²) in [5.74, 6) is 1.58. The van der Waals surface area contributed by atoms with Crippen molar-refractivity contribution in [3.63, 3.8) is 0 Å². The van der Waals surface area contributed by atoms with Gasteiger partial charge in [0.2, 0.25) is 0 Å². The minimum Gasteiger partial charge on any atom is -0.483 e. The van der Waals surface area contributed by atoms with Crippen molar-refractivity contribution in [2.24, 2.45) is 16.3 Å². The fraction of sp³-hybridized carbons (Fsp3) is 0.500. The molecule has 0 aliphatic rings. The lowest BCUT2D eigenvalue weighted by Gasteiger charge is -2.25. The number of hydrogen-bond donors (Lipinski definition) is 3. The lowest BCUT2D eigenvalue weighted by Crippen LogP contribution is -2.15. The highest BCUT2D eigenvalue weighted by atomic mass is 16.3. The Balaban J connectivity index is 0.000000882. The molecule has 1 unspecified atom stereocenters. The third-order valence-corrected chi connectivity index (χ3v) is 5.94. The van der Waals surface area contributed by atoms with Crippen molar-refractivity contribution in [2.75, 3.05) is 24.7 Å². The van der Waals surface area contributed by atoms with Crippen LogP contribution in [0.15, 0.2) is 53.6 Å². The van der Waals surface area contributed by atoms with Gasteiger partial charge >= 0.3 is 0 Å². The summed E-state index contributed by atoms with van der Waals surface area (Å²) >= 11 is 0. The van der Waals surface area contributed by atoms with Crippen LogP contribution in [0.1, 0.15) is 65.5 Å². The first-order valence-corrected chi connectivity index (χ1v) is 12.0. The summed E-state index contributed by atoms with van der Waals surface area (Å²) in [6, 6.07) is 6.46. The number of aromatic nitrogens is 2. The number of hydrogen-bond acceptors (Lipinski definition) is 6. The summed E-state index contributed by atoms with van der Waals surface area (Å²) in [7, 11) is 3.77. The molecule has 0 saturated heterocycles. The van der Waals surface area contributed by atoms with Gasteiger partial charge in [0.25, 0.3) is 6.47 Å². The van der Waals surface area contributed by atoms with Crippen molar-refractivity contribution in [1.82, 2.24) is 9.97 Å². The second-order valence-corrected chi connectivity index (χ2v) is 9.43. The number of carboxylic acid groups (broad SMARTS) is 1. The van der Waals surface area contributed by atoms with Crippen molar-refractivity contribution < 1.29 is 9.90 Å². The minimum absolute atomic E-state index is 0.250. The molecule has 7 nitrogen and oxygen atoms in total. The molecule has 194 valence electrons. The smallest absolute Gasteiger partial charge is 0.290 e. The van der Waals surface area contributed by atoms with Gasteiger partial charge in [-0.1, -0.05) is 47.1 Å². The average Bonchev–Trinajstić information content (AvgIpc) is 2.83. The van der Waals surface area contributed by atoms with Gasteiger partial charge < -0.3 is 15.7 Å². The van der Waals surface area contributed by atoms with Crippen molar-refractivity contribution in [2.45, 2.75) is 67.7 Å². The van der Waals surface area contributed by atoms with E-state index in [0.717, 1.165) is 41.7 Å². The number of carbonyl (C=O) groups is 1. The summed E-state index contributed by atoms with van der Waals surface area (Å²) in [4.78, 5) is 21.0. The Morgan fingerprint density at radius 2 is 1.91 bits per heavy atom. The Morgan fingerprint density at radius 3 is 2.37 bits per heavy atom. The van der Waals surface area contributed by atoms with Crippen LogP contribution in [-0.2, 0) is 11.2 Å². The van der Waals surface area contributed by atoms with Crippen molar-refractivity contribution in [3.05, 3.63) is 59.7 Å². The van der Waals surface area contributed by atoms with Crippen LogP contribution in [0.25, 0.3) is 0 Å². The second-order valence-electron chi connectivity index (χ2n) is 9.43. The molecule has 1 heterocycles. The van der Waals surface area contributed by atoms with Gasteiger partial charge in [0.1, 0.15) is 5.82 Å². The van der Waals surface area contributed by atoms with Gasteiger partial charge in [-0.3, -0.25) is 14.8 Å². The predicted molar refractivity (Wildman–Crippen MR) is 149 cm³/mol. The first kappa shape index (κ1) is 31.8. The zero-order valence-electron chi connectivity index (χ0n) is 23.0. The van der Waals surface area contributed by atoms with E-state index in [1.54, 1.807) is 18.6 Å². The third-order valence-electron chi connectivity index (χ3n) is 5.94. The first-order chi connectivity index (χ1) is 16.5. The molecule has 0 fully saturated rings. The number of rotatable bonds is 8. The van der Waals surface area contributed by atoms with Crippen LogP contribution in [0.4, 0.5) is 11.5 Å². The van der Waals surface area contributed by atoms with Crippen LogP contribution >= 0.6 is 0 Å². The summed E-state index contributed by atoms with van der Waals surface area (Å²) in [6.07, 6.45) is 10.2. The molecule has 0 amide bonds. The summed E-state index contributed by atoms with van der Waals surface area (Å²) in [5, 5.41) is 13.3. The number of nitrogens with one attached hydrogen (secondary N) is 2. The van der Waals surface area contributed by atoms with Crippen LogP contribution in [0, 0.1) is 18.3 Å². The van der Waals surface area contributed by atoms with Gasteiger partial charge in [-0.25, -0.2) is 4.98 Å². The molecule has 3 N–H and O–H groups in total. The summed E-state index contributed by atoms with van der Waals surface area (Å²) < 4.78 is 0. The predicted octanol–water partition coefficient (Wildman–Crippen LogP) is 6.63. The van der Waals surface area contributed by atoms with E-state index >= 15 is 0 Å². The molecule has 0 radical (unpaired) electrons. The average molecular weight is 484 g/mol. The minimum atomic E-state index is -0.250. The van der Waals surface area contributed by atoms with Gasteiger partial charge in [-0.05, 0) is 67.4 Å². The van der Waals surface area contributed by atoms with Crippen molar-refractivity contribution in [1.29, 1.82) is 0 Å². The van der Waals surface area contributed by atoms with Gasteiger partial charge in [0.15, 0.2) is 0 Å². The molecule has 35 heavy (non-hydrogen) atoms. The molecule has 2 rings (SSSR count). The number of aliphatic imine (C=N–C) groups is 1. The highest BCUT2D eigenvalue weighted by Gasteiger charge is 2.16. The maximum atomic E-state index is 8.36. The van der Waals surface area contributed by atoms with Crippen LogP contribution in [0.5, 0.6) is 0 Å². The Bertz CT molecular complexity index is 919. The van der Waals surface area contributed by atoms with Gasteiger partial charge in [0.05, 0.1) is 6.20 Å². The van der Waals surface area contributed by atoms with E-state index in [0.29, 0.717) is 5.41 Å². The van der Waals surface area contributed by atoms with E-state index in [4.69, 9.17) is 9.90 Å². The Hall–Kier alpha value is -3.22. The molecule has 0 spiro atoms. The number of nitrogens with zero attached hydrogens (tertiary/aromatic N) is 3. The lowest BCUT2D eigenvalue weighted by molar-refractivity contribution is -0.122. The van der Waals surface area contributed by atoms with Crippen LogP contribution in [0.2, 0.25) is 0 Å². The van der Waals surface area contributed by atoms with E-state index in [1.165, 1.54) is 17.5 Å². The monoisotopic (exact) mass is 483 g/mol. The SMILES string of the molecule is CCC(C)C(C)(C)C.CN=C(/C=C(\C)Nc1cnccn1)CCc1cc(NC)ccc1C.O=CO. The van der Waals surface area contributed by atoms with E-state index in [1.807, 2.05) is 21.0 Å². The molecule has 0 bridgehead atoms. The van der Waals surface area contributed by atoms with E-state index in [2.05, 4.69) is 91.4 Å². The van der Waals surface area contributed by atoms with Crippen LogP contribution in [-0.4, -0.2) is 41.4 Å². The molecule has 1 aromatic heterocycles. The molecule has 2 aromatic rings. The standard InChI is InChI=1S/C19H25N5.C8H18.CH2O2/c1-14-5-7-18(21-4)12-16(14)6-8-17(20-3)11-15(2)24-19-13-22-9-10-23-19;1-6-7(2)8(3,4)5;2-1-3/h5,7,9-13,21H,6,8H2,1-4H3,(H,23,24);7H,6H2,1-5H3;1H,(H,2,3)/b15-11+,20-17?;;. The highest BCUT2D eigenvalue weighted by Crippen LogP contribution is 2.27. The summed E-state index contributed by atoms with van der Waals surface area (Å²) in [5.41, 5.74) is 6.35. The molecular weight excluding hydrogens is 438 g/mol. The molecule has 0 saturated carbocycles. The number of benzene rings is 1. The van der Waals surface area contributed by atoms with E-state index in [-0.39, 0.29) is 6.47 Å². The largest absolute Gasteiger partial charge is 0.483 e. The quantitative estimate of drug-likeness (QED) is 0.288. The first-order valence-electron chi connectivity index (χ1n) is 12.0. The maximum absolute atomic E-state index is 8.36. The molecule has 7 heteroatoms. The lowest BCUT2D eigenvalue weighted by atomic mass is 9.81. The normalized spacial score (nSPS) is 12.4. The Morgan fingerprint density at radius 1 is 1.26 bits per heavy atom. The van der Waals surface area contributed by atoms with Crippen molar-refractivity contribution in [3.8, 4) is 0 Å².